The summed E-state index contributed by atoms with van der Waals surface area (Å²) >= 11 is 0. The zero-order valence-electron chi connectivity index (χ0n) is 15.7. The first-order valence-electron chi connectivity index (χ1n) is 9.38. The van der Waals surface area contributed by atoms with Crippen LogP contribution in [0.1, 0.15) is 37.3 Å². The number of carbonyl (C=O) groups excluding carboxylic acids is 1. The van der Waals surface area contributed by atoms with Gasteiger partial charge in [-0.3, -0.25) is 4.79 Å². The van der Waals surface area contributed by atoms with Crippen molar-refractivity contribution in [2.24, 2.45) is 0 Å². The van der Waals surface area contributed by atoms with Crippen LogP contribution in [-0.4, -0.2) is 38.1 Å². The fraction of sp³-hybridized carbons (Fsp3) is 0.409. The van der Waals surface area contributed by atoms with Gasteiger partial charge < -0.3 is 14.5 Å². The van der Waals surface area contributed by atoms with Crippen molar-refractivity contribution in [2.45, 2.75) is 31.7 Å². The zero-order chi connectivity index (χ0) is 18.4. The lowest BCUT2D eigenvalue weighted by Crippen LogP contribution is -2.41. The van der Waals surface area contributed by atoms with E-state index in [1.165, 1.54) is 12.0 Å². The Kier molecular flexibility index (Phi) is 6.16. The third-order valence-electron chi connectivity index (χ3n) is 5.14. The smallest absolute Gasteiger partial charge is 0.242 e. The van der Waals surface area contributed by atoms with E-state index in [2.05, 4.69) is 17.0 Å². The van der Waals surface area contributed by atoms with Crippen molar-refractivity contribution >= 4 is 11.6 Å². The van der Waals surface area contributed by atoms with Gasteiger partial charge in [-0.2, -0.15) is 0 Å². The number of para-hydroxylation sites is 1. The Balaban J connectivity index is 1.76. The molecule has 1 fully saturated rings. The van der Waals surface area contributed by atoms with Crippen LogP contribution in [0.3, 0.4) is 0 Å². The van der Waals surface area contributed by atoms with Crippen molar-refractivity contribution < 1.29 is 9.53 Å². The number of amides is 1. The van der Waals surface area contributed by atoms with E-state index in [9.17, 15) is 4.79 Å². The number of benzene rings is 2. The van der Waals surface area contributed by atoms with E-state index in [4.69, 9.17) is 4.74 Å². The number of ether oxygens (including phenoxy) is 1. The molecule has 0 saturated carbocycles. The molecule has 1 aliphatic heterocycles. The first-order valence-corrected chi connectivity index (χ1v) is 9.38. The Morgan fingerprint density at radius 3 is 2.50 bits per heavy atom. The SMILES string of the molecule is COc1ccc(C2CCCCCN2C(=O)CN(C)c2ccccc2)cc1. The second-order valence-electron chi connectivity index (χ2n) is 6.92. The molecule has 1 aliphatic rings. The highest BCUT2D eigenvalue weighted by molar-refractivity contribution is 5.82. The lowest BCUT2D eigenvalue weighted by atomic mass is 10.0. The van der Waals surface area contributed by atoms with Crippen molar-refractivity contribution in [3.63, 3.8) is 0 Å². The Bertz CT molecular complexity index is 700. The molecule has 26 heavy (non-hydrogen) atoms. The highest BCUT2D eigenvalue weighted by Crippen LogP contribution is 2.31. The van der Waals surface area contributed by atoms with E-state index < -0.39 is 0 Å². The number of anilines is 1. The lowest BCUT2D eigenvalue weighted by molar-refractivity contribution is -0.132. The van der Waals surface area contributed by atoms with E-state index in [1.54, 1.807) is 7.11 Å². The fourth-order valence-corrected chi connectivity index (χ4v) is 3.65. The van der Waals surface area contributed by atoms with Gasteiger partial charge in [0, 0.05) is 19.3 Å². The molecule has 1 saturated heterocycles. The van der Waals surface area contributed by atoms with Crippen LogP contribution in [0.5, 0.6) is 5.75 Å². The van der Waals surface area contributed by atoms with Crippen molar-refractivity contribution in [3.8, 4) is 5.75 Å². The average molecular weight is 352 g/mol. The van der Waals surface area contributed by atoms with Gasteiger partial charge in [-0.25, -0.2) is 0 Å². The molecule has 4 nitrogen and oxygen atoms in total. The standard InChI is InChI=1S/C22H28N2O2/c1-23(19-9-5-3-6-10-19)17-22(25)24-16-8-4-7-11-21(24)18-12-14-20(26-2)15-13-18/h3,5-6,9-10,12-15,21H,4,7-8,11,16-17H2,1-2H3. The van der Waals surface area contributed by atoms with E-state index in [-0.39, 0.29) is 11.9 Å². The van der Waals surface area contributed by atoms with Crippen LogP contribution in [0.15, 0.2) is 54.6 Å². The normalized spacial score (nSPS) is 17.5. The van der Waals surface area contributed by atoms with Crippen LogP contribution in [0, 0.1) is 0 Å². The summed E-state index contributed by atoms with van der Waals surface area (Å²) in [4.78, 5) is 17.2. The van der Waals surface area contributed by atoms with Gasteiger partial charge in [0.05, 0.1) is 19.7 Å². The minimum absolute atomic E-state index is 0.153. The largest absolute Gasteiger partial charge is 0.497 e. The van der Waals surface area contributed by atoms with Crippen LogP contribution in [0.4, 0.5) is 5.69 Å². The van der Waals surface area contributed by atoms with Crippen LogP contribution in [0.2, 0.25) is 0 Å². The second-order valence-corrected chi connectivity index (χ2v) is 6.92. The van der Waals surface area contributed by atoms with E-state index in [0.717, 1.165) is 37.2 Å². The number of carbonyl (C=O) groups is 1. The fourth-order valence-electron chi connectivity index (χ4n) is 3.65. The minimum atomic E-state index is 0.153. The molecule has 1 atom stereocenters. The monoisotopic (exact) mass is 352 g/mol. The third-order valence-corrected chi connectivity index (χ3v) is 5.14. The molecule has 3 rings (SSSR count). The van der Waals surface area contributed by atoms with Gasteiger partial charge in [0.2, 0.25) is 5.91 Å². The summed E-state index contributed by atoms with van der Waals surface area (Å²) in [5, 5.41) is 0. The molecular formula is C22H28N2O2. The summed E-state index contributed by atoms with van der Waals surface area (Å²) in [5.41, 5.74) is 2.26. The second kappa shape index (κ2) is 8.75. The molecule has 0 aliphatic carbocycles. The maximum atomic E-state index is 13.1. The zero-order valence-corrected chi connectivity index (χ0v) is 15.7. The van der Waals surface area contributed by atoms with Crippen LogP contribution in [-0.2, 0) is 4.79 Å². The van der Waals surface area contributed by atoms with E-state index in [1.807, 2.05) is 54.4 Å². The van der Waals surface area contributed by atoms with Crippen molar-refractivity contribution in [3.05, 3.63) is 60.2 Å². The van der Waals surface area contributed by atoms with Crippen molar-refractivity contribution in [1.82, 2.24) is 4.90 Å². The summed E-state index contributed by atoms with van der Waals surface area (Å²) in [5.74, 6) is 1.04. The van der Waals surface area contributed by atoms with Gasteiger partial charge in [-0.05, 0) is 42.7 Å². The average Bonchev–Trinajstić information content (AvgIpc) is 2.95. The third kappa shape index (κ3) is 4.37. The lowest BCUT2D eigenvalue weighted by Gasteiger charge is -2.32. The molecular weight excluding hydrogens is 324 g/mol. The van der Waals surface area contributed by atoms with Gasteiger partial charge in [0.15, 0.2) is 0 Å². The molecule has 0 radical (unpaired) electrons. The maximum absolute atomic E-state index is 13.1. The van der Waals surface area contributed by atoms with Gasteiger partial charge in [-0.1, -0.05) is 43.2 Å². The van der Waals surface area contributed by atoms with Gasteiger partial charge in [0.1, 0.15) is 5.75 Å². The minimum Gasteiger partial charge on any atom is -0.497 e. The molecule has 1 unspecified atom stereocenters. The molecule has 0 spiro atoms. The van der Waals surface area contributed by atoms with Crippen molar-refractivity contribution in [2.75, 3.05) is 32.1 Å². The van der Waals surface area contributed by atoms with Gasteiger partial charge in [-0.15, -0.1) is 0 Å². The summed E-state index contributed by atoms with van der Waals surface area (Å²) < 4.78 is 5.27. The van der Waals surface area contributed by atoms with Crippen LogP contribution < -0.4 is 9.64 Å². The molecule has 0 bridgehead atoms. The molecule has 0 aromatic heterocycles. The summed E-state index contributed by atoms with van der Waals surface area (Å²) in [7, 11) is 3.66. The number of nitrogens with zero attached hydrogens (tertiary/aromatic N) is 2. The number of hydrogen-bond acceptors (Lipinski definition) is 3. The van der Waals surface area contributed by atoms with Gasteiger partial charge >= 0.3 is 0 Å². The summed E-state index contributed by atoms with van der Waals surface area (Å²) in [6.07, 6.45) is 4.44. The molecule has 2 aromatic carbocycles. The molecule has 138 valence electrons. The number of likely N-dealkylation sites (tertiary alicyclic amines) is 1. The Labute approximate surface area is 156 Å². The quantitative estimate of drug-likeness (QED) is 0.805. The molecule has 4 heteroatoms. The molecule has 2 aromatic rings. The Hall–Kier alpha value is -2.49. The van der Waals surface area contributed by atoms with Crippen molar-refractivity contribution in [1.29, 1.82) is 0 Å². The molecule has 1 amide bonds. The number of methoxy groups -OCH3 is 1. The van der Waals surface area contributed by atoms with Crippen LogP contribution in [0.25, 0.3) is 0 Å². The number of hydrogen-bond donors (Lipinski definition) is 0. The predicted octanol–water partition coefficient (Wildman–Crippen LogP) is 4.28. The Morgan fingerprint density at radius 2 is 1.81 bits per heavy atom. The highest BCUT2D eigenvalue weighted by Gasteiger charge is 2.27. The first-order chi connectivity index (χ1) is 12.7. The summed E-state index contributed by atoms with van der Waals surface area (Å²) in [6, 6.07) is 18.4. The van der Waals surface area contributed by atoms with E-state index >= 15 is 0 Å². The summed E-state index contributed by atoms with van der Waals surface area (Å²) in [6.45, 7) is 1.23. The highest BCUT2D eigenvalue weighted by atomic mass is 16.5. The topological polar surface area (TPSA) is 32.8 Å². The van der Waals surface area contributed by atoms with Gasteiger partial charge in [0.25, 0.3) is 0 Å². The first kappa shape index (κ1) is 18.3. The Morgan fingerprint density at radius 1 is 1.08 bits per heavy atom. The maximum Gasteiger partial charge on any atom is 0.242 e. The number of likely N-dealkylation sites (N-methyl/N-ethyl adjacent to an activating group) is 1. The molecule has 1 heterocycles. The predicted molar refractivity (Wildman–Crippen MR) is 106 cm³/mol. The van der Waals surface area contributed by atoms with Crippen LogP contribution >= 0.6 is 0 Å². The number of rotatable bonds is 5. The van der Waals surface area contributed by atoms with E-state index in [0.29, 0.717) is 6.54 Å². The molecule has 0 N–H and O–H groups in total.